The van der Waals surface area contributed by atoms with Crippen LogP contribution >= 0.6 is 11.6 Å². The predicted molar refractivity (Wildman–Crippen MR) is 100 cm³/mol. The maximum absolute atomic E-state index is 12.4. The van der Waals surface area contributed by atoms with Gasteiger partial charge in [-0.05, 0) is 50.5 Å². The monoisotopic (exact) mass is 375 g/mol. The van der Waals surface area contributed by atoms with Crippen molar-refractivity contribution in [2.75, 3.05) is 26.0 Å². The van der Waals surface area contributed by atoms with Crippen molar-refractivity contribution in [3.05, 3.63) is 57.5 Å². The summed E-state index contributed by atoms with van der Waals surface area (Å²) in [5.41, 5.74) is 1.68. The van der Waals surface area contributed by atoms with E-state index in [1.807, 2.05) is 19.0 Å². The minimum absolute atomic E-state index is 0.0534. The fourth-order valence-electron chi connectivity index (χ4n) is 2.54. The molecule has 7 nitrogen and oxygen atoms in total. The van der Waals surface area contributed by atoms with Crippen LogP contribution in [0.25, 0.3) is 11.1 Å². The Labute approximate surface area is 154 Å². The number of anilines is 1. The fraction of sp³-hybridized carbons (Fsp3) is 0.222. The van der Waals surface area contributed by atoms with E-state index in [0.29, 0.717) is 29.9 Å². The summed E-state index contributed by atoms with van der Waals surface area (Å²) >= 11 is 6.01. The largest absolute Gasteiger partial charge is 0.508 e. The smallest absolute Gasteiger partial charge is 0.419 e. The number of rotatable bonds is 5. The van der Waals surface area contributed by atoms with Gasteiger partial charge in [0.25, 0.3) is 5.91 Å². The molecule has 1 amide bonds. The fourth-order valence-corrected chi connectivity index (χ4v) is 2.74. The molecule has 0 atom stereocenters. The summed E-state index contributed by atoms with van der Waals surface area (Å²) < 4.78 is 6.75. The lowest BCUT2D eigenvalue weighted by molar-refractivity contribution is 0.102. The van der Waals surface area contributed by atoms with Crippen molar-refractivity contribution >= 4 is 34.3 Å². The Bertz CT molecular complexity index is 1020. The Balaban J connectivity index is 1.91. The van der Waals surface area contributed by atoms with Gasteiger partial charge in [-0.1, -0.05) is 11.6 Å². The van der Waals surface area contributed by atoms with Gasteiger partial charge in [-0.3, -0.25) is 9.36 Å². The third-order valence-electron chi connectivity index (χ3n) is 3.89. The molecule has 8 heteroatoms. The summed E-state index contributed by atoms with van der Waals surface area (Å²) in [6.07, 6.45) is 0. The maximum Gasteiger partial charge on any atom is 0.419 e. The van der Waals surface area contributed by atoms with Crippen LogP contribution in [0.1, 0.15) is 10.4 Å². The van der Waals surface area contributed by atoms with E-state index in [1.165, 1.54) is 22.8 Å². The maximum atomic E-state index is 12.4. The van der Waals surface area contributed by atoms with Gasteiger partial charge in [-0.25, -0.2) is 4.79 Å². The number of fused-ring (bicyclic) bond motifs is 1. The number of aromatic nitrogens is 1. The molecule has 0 bridgehead atoms. The second kappa shape index (κ2) is 7.23. The van der Waals surface area contributed by atoms with Gasteiger partial charge in [0, 0.05) is 18.8 Å². The Morgan fingerprint density at radius 2 is 2.04 bits per heavy atom. The average Bonchev–Trinajstić information content (AvgIpc) is 2.89. The van der Waals surface area contributed by atoms with Crippen molar-refractivity contribution < 1.29 is 14.3 Å². The molecule has 0 radical (unpaired) electrons. The number of likely N-dealkylation sites (N-methyl/N-ethyl adjacent to an activating group) is 1. The van der Waals surface area contributed by atoms with E-state index in [-0.39, 0.29) is 16.3 Å². The summed E-state index contributed by atoms with van der Waals surface area (Å²) in [6, 6.07) is 9.08. The number of hydrogen-bond donors (Lipinski definition) is 2. The van der Waals surface area contributed by atoms with Gasteiger partial charge in [-0.2, -0.15) is 0 Å². The van der Waals surface area contributed by atoms with Gasteiger partial charge in [0.05, 0.1) is 16.1 Å². The van der Waals surface area contributed by atoms with E-state index in [9.17, 15) is 14.7 Å². The van der Waals surface area contributed by atoms with Crippen LogP contribution in [0.3, 0.4) is 0 Å². The standard InChI is InChI=1S/C18H18ClN3O4/c1-21(2)7-8-22-15-9-11(3-6-16(15)26-18(22)25)20-17(24)13-10-12(23)4-5-14(13)19/h3-6,9-10,23H,7-8H2,1-2H3,(H,20,24). The Morgan fingerprint density at radius 1 is 1.27 bits per heavy atom. The van der Waals surface area contributed by atoms with Crippen molar-refractivity contribution in [1.82, 2.24) is 9.47 Å². The normalized spacial score (nSPS) is 11.2. The molecule has 2 N–H and O–H groups in total. The van der Waals surface area contributed by atoms with Crippen LogP contribution in [0.4, 0.5) is 5.69 Å². The highest BCUT2D eigenvalue weighted by Crippen LogP contribution is 2.24. The Hall–Kier alpha value is -2.77. The number of halogens is 1. The zero-order valence-corrected chi connectivity index (χ0v) is 15.1. The molecule has 0 aliphatic heterocycles. The van der Waals surface area contributed by atoms with Gasteiger partial charge in [0.15, 0.2) is 5.58 Å². The lowest BCUT2D eigenvalue weighted by atomic mass is 10.2. The number of benzene rings is 2. The SMILES string of the molecule is CN(C)CCn1c(=O)oc2ccc(NC(=O)c3cc(O)ccc3Cl)cc21. The van der Waals surface area contributed by atoms with E-state index in [4.69, 9.17) is 16.0 Å². The first kappa shape index (κ1) is 18.0. The van der Waals surface area contributed by atoms with E-state index < -0.39 is 11.7 Å². The third-order valence-corrected chi connectivity index (χ3v) is 4.22. The first-order chi connectivity index (χ1) is 12.3. The molecule has 0 aliphatic rings. The minimum Gasteiger partial charge on any atom is -0.508 e. The number of nitrogens with zero attached hydrogens (tertiary/aromatic N) is 2. The molecule has 1 aromatic heterocycles. The van der Waals surface area contributed by atoms with Crippen LogP contribution in [0.2, 0.25) is 5.02 Å². The first-order valence-electron chi connectivity index (χ1n) is 7.93. The summed E-state index contributed by atoms with van der Waals surface area (Å²) in [4.78, 5) is 26.4. The number of amides is 1. The van der Waals surface area contributed by atoms with Crippen molar-refractivity contribution in [2.45, 2.75) is 6.54 Å². The highest BCUT2D eigenvalue weighted by Gasteiger charge is 2.14. The lowest BCUT2D eigenvalue weighted by Gasteiger charge is -2.10. The first-order valence-corrected chi connectivity index (χ1v) is 8.31. The molecular formula is C18H18ClN3O4. The number of phenolic OH excluding ortho intramolecular Hbond substituents is 1. The zero-order chi connectivity index (χ0) is 18.8. The molecule has 3 rings (SSSR count). The molecule has 1 heterocycles. The van der Waals surface area contributed by atoms with Crippen LogP contribution in [-0.2, 0) is 6.54 Å². The van der Waals surface area contributed by atoms with Crippen LogP contribution in [0, 0.1) is 0 Å². The van der Waals surface area contributed by atoms with Crippen molar-refractivity contribution in [3.8, 4) is 5.75 Å². The summed E-state index contributed by atoms with van der Waals surface area (Å²) in [6.45, 7) is 1.14. The molecule has 0 fully saturated rings. The van der Waals surface area contributed by atoms with Crippen molar-refractivity contribution in [3.63, 3.8) is 0 Å². The van der Waals surface area contributed by atoms with E-state index >= 15 is 0 Å². The summed E-state index contributed by atoms with van der Waals surface area (Å²) in [5.74, 6) is -0.959. The highest BCUT2D eigenvalue weighted by molar-refractivity contribution is 6.34. The van der Waals surface area contributed by atoms with E-state index in [1.54, 1.807) is 18.2 Å². The van der Waals surface area contributed by atoms with E-state index in [0.717, 1.165) is 0 Å². The average molecular weight is 376 g/mol. The van der Waals surface area contributed by atoms with Crippen LogP contribution in [-0.4, -0.2) is 41.1 Å². The molecule has 0 saturated heterocycles. The molecule has 2 aromatic carbocycles. The molecule has 0 aliphatic carbocycles. The Morgan fingerprint density at radius 3 is 2.77 bits per heavy atom. The number of carbonyl (C=O) groups is 1. The van der Waals surface area contributed by atoms with Crippen LogP contribution < -0.4 is 11.1 Å². The zero-order valence-electron chi connectivity index (χ0n) is 14.3. The molecule has 0 saturated carbocycles. The quantitative estimate of drug-likeness (QED) is 0.716. The Kier molecular flexibility index (Phi) is 5.01. The molecule has 0 unspecified atom stereocenters. The van der Waals surface area contributed by atoms with Gasteiger partial charge < -0.3 is 19.7 Å². The summed E-state index contributed by atoms with van der Waals surface area (Å²) in [5, 5.41) is 12.5. The number of carbonyl (C=O) groups excluding carboxylic acids is 1. The van der Waals surface area contributed by atoms with Crippen molar-refractivity contribution in [2.24, 2.45) is 0 Å². The third kappa shape index (κ3) is 3.74. The van der Waals surface area contributed by atoms with Crippen LogP contribution in [0.15, 0.2) is 45.6 Å². The molecule has 136 valence electrons. The van der Waals surface area contributed by atoms with Crippen molar-refractivity contribution in [1.29, 1.82) is 0 Å². The van der Waals surface area contributed by atoms with Gasteiger partial charge in [0.1, 0.15) is 5.75 Å². The molecular weight excluding hydrogens is 358 g/mol. The number of aromatic hydroxyl groups is 1. The van der Waals surface area contributed by atoms with Gasteiger partial charge in [0.2, 0.25) is 0 Å². The van der Waals surface area contributed by atoms with Crippen LogP contribution in [0.5, 0.6) is 5.75 Å². The highest BCUT2D eigenvalue weighted by atomic mass is 35.5. The summed E-state index contributed by atoms with van der Waals surface area (Å²) in [7, 11) is 3.83. The predicted octanol–water partition coefficient (Wildman–Crippen LogP) is 2.77. The van der Waals surface area contributed by atoms with Gasteiger partial charge >= 0.3 is 5.76 Å². The second-order valence-electron chi connectivity index (χ2n) is 6.12. The molecule has 3 aromatic rings. The number of nitrogens with one attached hydrogen (secondary N) is 1. The number of oxazole rings is 1. The molecule has 26 heavy (non-hydrogen) atoms. The lowest BCUT2D eigenvalue weighted by Crippen LogP contribution is -2.23. The topological polar surface area (TPSA) is 87.7 Å². The molecule has 0 spiro atoms. The number of hydrogen-bond acceptors (Lipinski definition) is 5. The number of phenols is 1. The minimum atomic E-state index is -0.462. The van der Waals surface area contributed by atoms with Gasteiger partial charge in [-0.15, -0.1) is 0 Å². The second-order valence-corrected chi connectivity index (χ2v) is 6.53. The van der Waals surface area contributed by atoms with E-state index in [2.05, 4.69) is 5.32 Å².